The molecule has 0 saturated carbocycles. The van der Waals surface area contributed by atoms with Gasteiger partial charge in [0, 0.05) is 0 Å². The van der Waals surface area contributed by atoms with E-state index in [-0.39, 0.29) is 0 Å². The molecular weight excluding hydrogens is 222 g/mol. The van der Waals surface area contributed by atoms with Gasteiger partial charge in [0.1, 0.15) is 0 Å². The van der Waals surface area contributed by atoms with E-state index in [1.54, 1.807) is 37.4 Å². The molecule has 7 heteroatoms. The molecule has 1 atom stereocenters. The molecule has 1 aromatic rings. The van der Waals surface area contributed by atoms with E-state index < -0.39 is 18.4 Å². The Labute approximate surface area is 98.1 Å². The SMILES string of the molecule is CNC1NC(=O)N(c2ccccc2)C(=O)N1N. The highest BCUT2D eigenvalue weighted by Gasteiger charge is 2.37. The molecule has 1 aliphatic rings. The van der Waals surface area contributed by atoms with E-state index in [1.807, 2.05) is 0 Å². The van der Waals surface area contributed by atoms with Crippen LogP contribution in [0.4, 0.5) is 15.3 Å². The number of hydrogen-bond acceptors (Lipinski definition) is 4. The summed E-state index contributed by atoms with van der Waals surface area (Å²) in [5, 5.41) is 6.18. The van der Waals surface area contributed by atoms with Gasteiger partial charge in [0.05, 0.1) is 5.69 Å². The first-order valence-corrected chi connectivity index (χ1v) is 5.06. The van der Waals surface area contributed by atoms with Crippen LogP contribution < -0.4 is 21.4 Å². The van der Waals surface area contributed by atoms with Gasteiger partial charge in [0.2, 0.25) is 0 Å². The highest BCUT2D eigenvalue weighted by molar-refractivity contribution is 6.14. The molecule has 1 aliphatic heterocycles. The Morgan fingerprint density at radius 1 is 1.29 bits per heavy atom. The van der Waals surface area contributed by atoms with Crippen molar-refractivity contribution in [3.05, 3.63) is 30.3 Å². The first kappa shape index (κ1) is 11.4. The van der Waals surface area contributed by atoms with E-state index in [9.17, 15) is 9.59 Å². The Kier molecular flexibility index (Phi) is 2.94. The summed E-state index contributed by atoms with van der Waals surface area (Å²) in [5.74, 6) is 5.59. The van der Waals surface area contributed by atoms with Gasteiger partial charge in [0.25, 0.3) is 0 Å². The number of urea groups is 2. The summed E-state index contributed by atoms with van der Waals surface area (Å²) >= 11 is 0. The normalized spacial score (nSPS) is 20.5. The first-order valence-electron chi connectivity index (χ1n) is 5.06. The third-order valence-electron chi connectivity index (χ3n) is 2.44. The predicted molar refractivity (Wildman–Crippen MR) is 61.7 cm³/mol. The number of imide groups is 1. The van der Waals surface area contributed by atoms with Crippen LogP contribution in [0.1, 0.15) is 0 Å². The minimum Gasteiger partial charge on any atom is -0.303 e. The second-order valence-electron chi connectivity index (χ2n) is 3.50. The van der Waals surface area contributed by atoms with Crippen LogP contribution in [-0.2, 0) is 0 Å². The number of hydrogen-bond donors (Lipinski definition) is 3. The van der Waals surface area contributed by atoms with E-state index in [4.69, 9.17) is 5.84 Å². The van der Waals surface area contributed by atoms with Crippen LogP contribution in [-0.4, -0.2) is 30.4 Å². The lowest BCUT2D eigenvalue weighted by atomic mass is 10.3. The number of para-hydroxylation sites is 1. The molecule has 1 unspecified atom stereocenters. The van der Waals surface area contributed by atoms with Gasteiger partial charge in [-0.2, -0.15) is 0 Å². The summed E-state index contributed by atoms with van der Waals surface area (Å²) in [5.41, 5.74) is 0.472. The van der Waals surface area contributed by atoms with E-state index >= 15 is 0 Å². The number of hydrazine groups is 1. The number of nitrogens with zero attached hydrogens (tertiary/aromatic N) is 2. The molecule has 0 aliphatic carbocycles. The Balaban J connectivity index is 2.30. The van der Waals surface area contributed by atoms with Gasteiger partial charge in [-0.3, -0.25) is 5.32 Å². The summed E-state index contributed by atoms with van der Waals surface area (Å²) in [6.45, 7) is 0. The Morgan fingerprint density at radius 2 is 1.94 bits per heavy atom. The highest BCUT2D eigenvalue weighted by Crippen LogP contribution is 2.17. The predicted octanol–water partition coefficient (Wildman–Crippen LogP) is 0.0149. The van der Waals surface area contributed by atoms with Gasteiger partial charge in [0.15, 0.2) is 6.29 Å². The zero-order valence-electron chi connectivity index (χ0n) is 9.25. The molecule has 90 valence electrons. The average molecular weight is 235 g/mol. The number of benzene rings is 1. The van der Waals surface area contributed by atoms with E-state index in [2.05, 4.69) is 10.6 Å². The third kappa shape index (κ3) is 1.93. The van der Waals surface area contributed by atoms with Crippen LogP contribution in [0.15, 0.2) is 30.3 Å². The lowest BCUT2D eigenvalue weighted by Gasteiger charge is -2.37. The fourth-order valence-electron chi connectivity index (χ4n) is 1.58. The molecule has 0 bridgehead atoms. The largest absolute Gasteiger partial charge is 0.349 e. The molecule has 1 fully saturated rings. The van der Waals surface area contributed by atoms with Gasteiger partial charge in [-0.25, -0.2) is 25.3 Å². The zero-order valence-corrected chi connectivity index (χ0v) is 9.25. The molecular formula is C10H13N5O2. The van der Waals surface area contributed by atoms with Crippen molar-refractivity contribution in [3.63, 3.8) is 0 Å². The maximum atomic E-state index is 11.9. The molecule has 7 nitrogen and oxygen atoms in total. The molecule has 1 aromatic carbocycles. The lowest BCUT2D eigenvalue weighted by molar-refractivity contribution is 0.142. The van der Waals surface area contributed by atoms with Crippen LogP contribution in [0, 0.1) is 0 Å². The van der Waals surface area contributed by atoms with Crippen molar-refractivity contribution in [2.75, 3.05) is 11.9 Å². The second kappa shape index (κ2) is 4.40. The Morgan fingerprint density at radius 3 is 2.53 bits per heavy atom. The summed E-state index contributed by atoms with van der Waals surface area (Å²) < 4.78 is 0. The average Bonchev–Trinajstić information content (AvgIpc) is 2.35. The summed E-state index contributed by atoms with van der Waals surface area (Å²) in [6.07, 6.45) is -0.699. The molecule has 4 amide bonds. The fourth-order valence-corrected chi connectivity index (χ4v) is 1.58. The van der Waals surface area contributed by atoms with Gasteiger partial charge in [-0.15, -0.1) is 0 Å². The van der Waals surface area contributed by atoms with E-state index in [0.717, 1.165) is 9.91 Å². The van der Waals surface area contributed by atoms with Crippen LogP contribution in [0.3, 0.4) is 0 Å². The first-order chi connectivity index (χ1) is 8.15. The molecule has 0 spiro atoms. The molecule has 4 N–H and O–H groups in total. The smallest absolute Gasteiger partial charge is 0.303 e. The summed E-state index contributed by atoms with van der Waals surface area (Å²) in [6, 6.07) is 7.49. The number of nitrogens with two attached hydrogens (primary N) is 1. The van der Waals surface area contributed by atoms with Crippen molar-refractivity contribution in [3.8, 4) is 0 Å². The minimum atomic E-state index is -0.699. The molecule has 1 heterocycles. The minimum absolute atomic E-state index is 0.472. The maximum Gasteiger partial charge on any atom is 0.349 e. The van der Waals surface area contributed by atoms with Crippen molar-refractivity contribution in [2.24, 2.45) is 5.84 Å². The Hall–Kier alpha value is -2.12. The monoisotopic (exact) mass is 235 g/mol. The molecule has 0 radical (unpaired) electrons. The van der Waals surface area contributed by atoms with Gasteiger partial charge in [-0.05, 0) is 19.2 Å². The molecule has 2 rings (SSSR count). The number of carbonyl (C=O) groups is 2. The molecule has 0 aromatic heterocycles. The topological polar surface area (TPSA) is 90.7 Å². The van der Waals surface area contributed by atoms with Gasteiger partial charge < -0.3 is 5.32 Å². The van der Waals surface area contributed by atoms with Crippen LogP contribution in [0.25, 0.3) is 0 Å². The van der Waals surface area contributed by atoms with E-state index in [1.165, 1.54) is 0 Å². The lowest BCUT2D eigenvalue weighted by Crippen LogP contribution is -2.71. The standard InChI is InChI=1S/C10H13N5O2/c1-12-8-13-9(16)14(10(17)15(8)11)7-5-3-2-4-6-7/h2-6,8,12H,11H2,1H3,(H,13,16). The van der Waals surface area contributed by atoms with Crippen LogP contribution >= 0.6 is 0 Å². The molecule has 17 heavy (non-hydrogen) atoms. The third-order valence-corrected chi connectivity index (χ3v) is 2.44. The van der Waals surface area contributed by atoms with Crippen LogP contribution in [0.5, 0.6) is 0 Å². The summed E-state index contributed by atoms with van der Waals surface area (Å²) in [7, 11) is 1.59. The number of carbonyl (C=O) groups excluding carboxylic acids is 2. The second-order valence-corrected chi connectivity index (χ2v) is 3.50. The Bertz CT molecular complexity index is 436. The number of anilines is 1. The van der Waals surface area contributed by atoms with Crippen molar-refractivity contribution < 1.29 is 9.59 Å². The summed E-state index contributed by atoms with van der Waals surface area (Å²) in [4.78, 5) is 24.7. The quantitative estimate of drug-likeness (QED) is 0.497. The molecule has 1 saturated heterocycles. The van der Waals surface area contributed by atoms with Crippen LogP contribution in [0.2, 0.25) is 0 Å². The number of amides is 4. The van der Waals surface area contributed by atoms with E-state index in [0.29, 0.717) is 5.69 Å². The fraction of sp³-hybridized carbons (Fsp3) is 0.200. The van der Waals surface area contributed by atoms with Crippen molar-refractivity contribution in [1.29, 1.82) is 0 Å². The highest BCUT2D eigenvalue weighted by atomic mass is 16.2. The number of rotatable bonds is 2. The van der Waals surface area contributed by atoms with Crippen molar-refractivity contribution >= 4 is 17.7 Å². The maximum absolute atomic E-state index is 11.9. The zero-order chi connectivity index (χ0) is 12.4. The van der Waals surface area contributed by atoms with Gasteiger partial charge >= 0.3 is 12.1 Å². The van der Waals surface area contributed by atoms with Crippen molar-refractivity contribution in [1.82, 2.24) is 15.6 Å². The van der Waals surface area contributed by atoms with Gasteiger partial charge in [-0.1, -0.05) is 18.2 Å². The van der Waals surface area contributed by atoms with Crippen molar-refractivity contribution in [2.45, 2.75) is 6.29 Å². The number of nitrogens with one attached hydrogen (secondary N) is 2.